The second-order valence-corrected chi connectivity index (χ2v) is 8.46. The van der Waals surface area contributed by atoms with E-state index in [1.54, 1.807) is 13.0 Å². The van der Waals surface area contributed by atoms with E-state index in [9.17, 15) is 9.50 Å². The molecule has 142 valence electrons. The zero-order valence-corrected chi connectivity index (χ0v) is 16.3. The lowest BCUT2D eigenvalue weighted by Crippen LogP contribution is -2.42. The minimum Gasteiger partial charge on any atom is -0.491 e. The van der Waals surface area contributed by atoms with Gasteiger partial charge < -0.3 is 19.2 Å². The molecule has 0 bridgehead atoms. The molecule has 1 aliphatic carbocycles. The third-order valence-corrected chi connectivity index (χ3v) is 5.88. The first kappa shape index (κ1) is 19.4. The van der Waals surface area contributed by atoms with Gasteiger partial charge in [0.2, 0.25) is 0 Å². The number of halogens is 1. The molecule has 2 fully saturated rings. The Morgan fingerprint density at radius 2 is 1.81 bits per heavy atom. The predicted molar refractivity (Wildman–Crippen MR) is 101 cm³/mol. The van der Waals surface area contributed by atoms with E-state index in [4.69, 9.17) is 14.0 Å². The quantitative estimate of drug-likeness (QED) is 0.793. The minimum absolute atomic E-state index is 0.263. The molecule has 3 rings (SSSR count). The second kappa shape index (κ2) is 6.66. The summed E-state index contributed by atoms with van der Waals surface area (Å²) < 4.78 is 32.3. The third kappa shape index (κ3) is 3.68. The molecule has 2 aliphatic rings. The molecule has 1 saturated carbocycles. The van der Waals surface area contributed by atoms with Crippen molar-refractivity contribution in [2.45, 2.75) is 70.7 Å². The van der Waals surface area contributed by atoms with Gasteiger partial charge in [0.1, 0.15) is 18.1 Å². The summed E-state index contributed by atoms with van der Waals surface area (Å²) in [6, 6.07) is 7.23. The highest BCUT2D eigenvalue weighted by Gasteiger charge is 2.53. The van der Waals surface area contributed by atoms with E-state index in [0.29, 0.717) is 16.9 Å². The number of aliphatic hydroxyl groups is 1. The lowest BCUT2D eigenvalue weighted by molar-refractivity contribution is -0.0663. The largest absolute Gasteiger partial charge is 0.525 e. The summed E-state index contributed by atoms with van der Waals surface area (Å²) >= 11 is 0. The molecule has 4 nitrogen and oxygen atoms in total. The fourth-order valence-electron chi connectivity index (χ4n) is 3.03. The summed E-state index contributed by atoms with van der Waals surface area (Å²) in [7, 11) is -1.01. The van der Waals surface area contributed by atoms with Crippen LogP contribution >= 0.6 is 0 Å². The molecule has 0 radical (unpaired) electrons. The van der Waals surface area contributed by atoms with Crippen molar-refractivity contribution in [1.29, 1.82) is 0 Å². The average Bonchev–Trinajstić information content (AvgIpc) is 2.78. The van der Waals surface area contributed by atoms with E-state index >= 15 is 0 Å². The Morgan fingerprint density at radius 3 is 2.35 bits per heavy atom. The maximum Gasteiger partial charge on any atom is 0.525 e. The van der Waals surface area contributed by atoms with Crippen molar-refractivity contribution in [2.75, 3.05) is 6.61 Å². The lowest BCUT2D eigenvalue weighted by atomic mass is 9.81. The molecule has 0 unspecified atom stereocenters. The molecule has 0 aromatic heterocycles. The van der Waals surface area contributed by atoms with Gasteiger partial charge in [-0.2, -0.15) is 0 Å². The van der Waals surface area contributed by atoms with Crippen molar-refractivity contribution in [1.82, 2.24) is 0 Å². The van der Waals surface area contributed by atoms with Crippen molar-refractivity contribution in [2.24, 2.45) is 0 Å². The standard InChI is InChI=1S/C20H28BFO4/c1-14(17(22)21-25-18(2,3)19(4,5)26-21)15-8-6-9-16(12-15)24-13-20(23)10-7-11-20/h6,8-9,12,23H,7,10-11,13H2,1-5H3. The molecule has 26 heavy (non-hydrogen) atoms. The van der Waals surface area contributed by atoms with Crippen LogP contribution in [0.1, 0.15) is 59.4 Å². The monoisotopic (exact) mass is 362 g/mol. The summed E-state index contributed by atoms with van der Waals surface area (Å²) in [5.41, 5.74) is -1.16. The molecule has 0 spiro atoms. The van der Waals surface area contributed by atoms with E-state index in [-0.39, 0.29) is 6.61 Å². The molecule has 1 N–H and O–H groups in total. The van der Waals surface area contributed by atoms with E-state index in [0.717, 1.165) is 19.3 Å². The van der Waals surface area contributed by atoms with Crippen molar-refractivity contribution < 1.29 is 23.5 Å². The highest BCUT2D eigenvalue weighted by Crippen LogP contribution is 2.40. The smallest absolute Gasteiger partial charge is 0.491 e. The van der Waals surface area contributed by atoms with Gasteiger partial charge in [-0.15, -0.1) is 0 Å². The first-order chi connectivity index (χ1) is 12.0. The van der Waals surface area contributed by atoms with Gasteiger partial charge in [0.05, 0.1) is 16.8 Å². The SMILES string of the molecule is CC(=C(F)B1OC(C)(C)C(C)(C)O1)c1cccc(OCC2(O)CCC2)c1. The van der Waals surface area contributed by atoms with Crippen LogP contribution in [0.3, 0.4) is 0 Å². The van der Waals surface area contributed by atoms with Crippen LogP contribution in [0, 0.1) is 0 Å². The van der Waals surface area contributed by atoms with Gasteiger partial charge in [-0.1, -0.05) is 12.1 Å². The first-order valence-electron chi connectivity index (χ1n) is 9.21. The van der Waals surface area contributed by atoms with Crippen LogP contribution in [0.15, 0.2) is 30.0 Å². The molecule has 1 heterocycles. The van der Waals surface area contributed by atoms with Crippen LogP contribution in [0.4, 0.5) is 4.39 Å². The molecule has 1 aliphatic heterocycles. The van der Waals surface area contributed by atoms with Gasteiger partial charge in [-0.25, -0.2) is 4.39 Å². The van der Waals surface area contributed by atoms with E-state index in [1.165, 1.54) is 0 Å². The fourth-order valence-corrected chi connectivity index (χ4v) is 3.03. The van der Waals surface area contributed by atoms with Gasteiger partial charge in [0.15, 0.2) is 0 Å². The maximum atomic E-state index is 15.0. The van der Waals surface area contributed by atoms with Gasteiger partial charge in [0.25, 0.3) is 0 Å². The average molecular weight is 362 g/mol. The van der Waals surface area contributed by atoms with Crippen LogP contribution in [0.2, 0.25) is 0 Å². The van der Waals surface area contributed by atoms with Gasteiger partial charge in [-0.05, 0) is 77.2 Å². The molecule has 6 heteroatoms. The van der Waals surface area contributed by atoms with Crippen molar-refractivity contribution in [3.05, 3.63) is 35.6 Å². The number of rotatable bonds is 5. The van der Waals surface area contributed by atoms with E-state index < -0.39 is 29.6 Å². The van der Waals surface area contributed by atoms with Crippen LogP contribution < -0.4 is 4.74 Å². The molecule has 1 aromatic carbocycles. The normalized spacial score (nSPS) is 24.0. The van der Waals surface area contributed by atoms with Crippen LogP contribution in [0.25, 0.3) is 5.57 Å². The second-order valence-electron chi connectivity index (χ2n) is 8.46. The first-order valence-corrected chi connectivity index (χ1v) is 9.21. The molecule has 1 saturated heterocycles. The number of hydrogen-bond acceptors (Lipinski definition) is 4. The highest BCUT2D eigenvalue weighted by atomic mass is 19.1. The van der Waals surface area contributed by atoms with Gasteiger partial charge in [-0.3, -0.25) is 0 Å². The Labute approximate surface area is 155 Å². The lowest BCUT2D eigenvalue weighted by Gasteiger charge is -2.36. The van der Waals surface area contributed by atoms with Crippen LogP contribution in [0.5, 0.6) is 5.75 Å². The van der Waals surface area contributed by atoms with Crippen molar-refractivity contribution in [3.8, 4) is 5.75 Å². The zero-order valence-electron chi connectivity index (χ0n) is 16.3. The fraction of sp³-hybridized carbons (Fsp3) is 0.600. The van der Waals surface area contributed by atoms with E-state index in [2.05, 4.69) is 0 Å². The molecule has 1 aromatic rings. The number of benzene rings is 1. The van der Waals surface area contributed by atoms with Crippen molar-refractivity contribution >= 4 is 12.7 Å². The Morgan fingerprint density at radius 1 is 1.19 bits per heavy atom. The summed E-state index contributed by atoms with van der Waals surface area (Å²) in [6.45, 7) is 9.56. The number of allylic oxidation sites excluding steroid dienone is 1. The zero-order chi connectivity index (χ0) is 19.2. The summed E-state index contributed by atoms with van der Waals surface area (Å²) in [5, 5.41) is 10.2. The predicted octanol–water partition coefficient (Wildman–Crippen LogP) is 4.31. The minimum atomic E-state index is -1.01. The maximum absolute atomic E-state index is 15.0. The number of ether oxygens (including phenoxy) is 1. The van der Waals surface area contributed by atoms with Crippen LogP contribution in [-0.2, 0) is 9.31 Å². The van der Waals surface area contributed by atoms with Gasteiger partial charge >= 0.3 is 7.12 Å². The van der Waals surface area contributed by atoms with Crippen LogP contribution in [-0.4, -0.2) is 35.6 Å². The van der Waals surface area contributed by atoms with Gasteiger partial charge in [0, 0.05) is 0 Å². The summed E-state index contributed by atoms with van der Waals surface area (Å²) in [6.07, 6.45) is 2.56. The Kier molecular flexibility index (Phi) is 4.97. The summed E-state index contributed by atoms with van der Waals surface area (Å²) in [4.78, 5) is 0. The highest BCUT2D eigenvalue weighted by molar-refractivity contribution is 6.55. The molecular formula is C20H28BFO4. The van der Waals surface area contributed by atoms with Crippen molar-refractivity contribution in [3.63, 3.8) is 0 Å². The Hall–Kier alpha value is -1.37. The van der Waals surface area contributed by atoms with E-state index in [1.807, 2.05) is 45.9 Å². The Balaban J connectivity index is 1.75. The summed E-state index contributed by atoms with van der Waals surface area (Å²) in [5.74, 6) is 0.615. The molecule has 0 amide bonds. The topological polar surface area (TPSA) is 47.9 Å². The third-order valence-electron chi connectivity index (χ3n) is 5.88. The molecular weight excluding hydrogens is 334 g/mol. The Bertz CT molecular complexity index is 694. The number of hydrogen-bond donors (Lipinski definition) is 1. The molecule has 0 atom stereocenters.